The first-order chi connectivity index (χ1) is 17.6. The lowest BCUT2D eigenvalue weighted by Crippen LogP contribution is -2.33. The summed E-state index contributed by atoms with van der Waals surface area (Å²) in [6.07, 6.45) is 7.41. The van der Waals surface area contributed by atoms with Gasteiger partial charge in [0.2, 0.25) is 0 Å². The van der Waals surface area contributed by atoms with Gasteiger partial charge in [0, 0.05) is 42.2 Å². The number of ether oxygens (including phenoxy) is 2. The van der Waals surface area contributed by atoms with E-state index in [1.54, 1.807) is 25.6 Å². The summed E-state index contributed by atoms with van der Waals surface area (Å²) in [6.45, 7) is 2.62. The number of hydrogen-bond donors (Lipinski definition) is 0. The monoisotopic (exact) mass is 484 g/mol. The maximum Gasteiger partial charge on any atom is 0.165 e. The third kappa shape index (κ3) is 5.21. The second-order valence-electron chi connectivity index (χ2n) is 8.98. The Morgan fingerprint density at radius 1 is 0.944 bits per heavy atom. The Morgan fingerprint density at radius 3 is 2.50 bits per heavy atom. The number of piperidine rings is 1. The van der Waals surface area contributed by atoms with Crippen molar-refractivity contribution in [3.8, 4) is 34.0 Å². The van der Waals surface area contributed by atoms with E-state index in [-0.39, 0.29) is 11.6 Å². The summed E-state index contributed by atoms with van der Waals surface area (Å²) >= 11 is 0. The zero-order chi connectivity index (χ0) is 24.9. The fourth-order valence-electron chi connectivity index (χ4n) is 4.78. The normalized spacial score (nSPS) is 14.5. The maximum atomic E-state index is 13.8. The first-order valence-electron chi connectivity index (χ1n) is 12.1. The number of halogens is 1. The molecule has 0 atom stereocenters. The van der Waals surface area contributed by atoms with Gasteiger partial charge in [0.25, 0.3) is 0 Å². The Balaban J connectivity index is 1.40. The van der Waals surface area contributed by atoms with Crippen molar-refractivity contribution in [3.05, 3.63) is 90.3 Å². The van der Waals surface area contributed by atoms with Gasteiger partial charge in [0.15, 0.2) is 17.4 Å². The van der Waals surface area contributed by atoms with Gasteiger partial charge in [-0.25, -0.2) is 14.4 Å². The van der Waals surface area contributed by atoms with Crippen LogP contribution in [0.2, 0.25) is 0 Å². The smallest absolute Gasteiger partial charge is 0.165 e. The molecule has 2 aromatic carbocycles. The highest BCUT2D eigenvalue weighted by atomic mass is 19.1. The molecule has 2 aromatic heterocycles. The van der Waals surface area contributed by atoms with Crippen LogP contribution in [0.25, 0.3) is 22.5 Å². The van der Waals surface area contributed by atoms with E-state index in [2.05, 4.69) is 16.0 Å². The van der Waals surface area contributed by atoms with Crippen LogP contribution in [0.1, 0.15) is 30.0 Å². The van der Waals surface area contributed by atoms with Crippen molar-refractivity contribution in [1.29, 1.82) is 0 Å². The molecule has 1 aliphatic rings. The highest BCUT2D eigenvalue weighted by molar-refractivity contribution is 5.69. The summed E-state index contributed by atoms with van der Waals surface area (Å²) in [4.78, 5) is 16.3. The van der Waals surface area contributed by atoms with Gasteiger partial charge in [-0.2, -0.15) is 0 Å². The Labute approximate surface area is 210 Å². The minimum atomic E-state index is -0.334. The van der Waals surface area contributed by atoms with E-state index in [1.807, 2.05) is 42.6 Å². The average molecular weight is 485 g/mol. The Bertz CT molecular complexity index is 1320. The first kappa shape index (κ1) is 23.9. The predicted molar refractivity (Wildman–Crippen MR) is 137 cm³/mol. The van der Waals surface area contributed by atoms with Gasteiger partial charge in [0.05, 0.1) is 19.9 Å². The molecule has 0 aliphatic carbocycles. The second-order valence-corrected chi connectivity index (χ2v) is 8.98. The summed E-state index contributed by atoms with van der Waals surface area (Å²) in [7, 11) is 3.17. The van der Waals surface area contributed by atoms with Gasteiger partial charge in [-0.15, -0.1) is 0 Å². The number of likely N-dealkylation sites (tertiary alicyclic amines) is 1. The molecule has 7 heteroatoms. The zero-order valence-corrected chi connectivity index (χ0v) is 20.5. The molecular weight excluding hydrogens is 455 g/mol. The van der Waals surface area contributed by atoms with Gasteiger partial charge in [-0.05, 0) is 73.5 Å². The van der Waals surface area contributed by atoms with Crippen LogP contribution in [0, 0.1) is 5.82 Å². The van der Waals surface area contributed by atoms with E-state index in [0.717, 1.165) is 66.2 Å². The molecule has 6 nitrogen and oxygen atoms in total. The van der Waals surface area contributed by atoms with E-state index in [4.69, 9.17) is 19.4 Å². The number of hydrogen-bond acceptors (Lipinski definition) is 6. The lowest BCUT2D eigenvalue weighted by atomic mass is 9.88. The molecule has 0 N–H and O–H groups in total. The molecule has 0 spiro atoms. The number of nitrogens with zero attached hydrogens (tertiary/aromatic N) is 4. The number of rotatable bonds is 7. The molecule has 184 valence electrons. The Hall–Kier alpha value is -3.84. The number of aromatic nitrogens is 3. The van der Waals surface area contributed by atoms with Crippen molar-refractivity contribution >= 4 is 0 Å². The summed E-state index contributed by atoms with van der Waals surface area (Å²) < 4.78 is 24.4. The highest BCUT2D eigenvalue weighted by Gasteiger charge is 2.25. The molecule has 0 amide bonds. The summed E-state index contributed by atoms with van der Waals surface area (Å²) in [5, 5.41) is 0. The third-order valence-electron chi connectivity index (χ3n) is 6.73. The summed E-state index contributed by atoms with van der Waals surface area (Å²) in [6, 6.07) is 17.0. The molecule has 0 bridgehead atoms. The molecular formula is C29H29FN4O2. The first-order valence-corrected chi connectivity index (χ1v) is 12.1. The number of methoxy groups -OCH3 is 2. The maximum absolute atomic E-state index is 13.8. The van der Waals surface area contributed by atoms with Crippen LogP contribution >= 0.6 is 0 Å². The van der Waals surface area contributed by atoms with E-state index < -0.39 is 0 Å². The topological polar surface area (TPSA) is 60.4 Å². The lowest BCUT2D eigenvalue weighted by molar-refractivity contribution is 0.203. The average Bonchev–Trinajstić information content (AvgIpc) is 2.94. The third-order valence-corrected chi connectivity index (χ3v) is 6.73. The molecule has 0 radical (unpaired) electrons. The van der Waals surface area contributed by atoms with Crippen LogP contribution in [0.3, 0.4) is 0 Å². The molecule has 3 heterocycles. The fraction of sp³-hybridized carbons (Fsp3) is 0.276. The zero-order valence-electron chi connectivity index (χ0n) is 20.5. The van der Waals surface area contributed by atoms with Crippen LogP contribution in [0.15, 0.2) is 73.2 Å². The summed E-state index contributed by atoms with van der Waals surface area (Å²) in [5.74, 6) is 1.77. The molecule has 4 aromatic rings. The van der Waals surface area contributed by atoms with Crippen LogP contribution < -0.4 is 9.47 Å². The van der Waals surface area contributed by atoms with Gasteiger partial charge in [-0.3, -0.25) is 9.88 Å². The molecule has 1 saturated heterocycles. The van der Waals surface area contributed by atoms with Gasteiger partial charge in [-0.1, -0.05) is 18.2 Å². The van der Waals surface area contributed by atoms with E-state index in [1.165, 1.54) is 13.2 Å². The van der Waals surface area contributed by atoms with E-state index >= 15 is 0 Å². The summed E-state index contributed by atoms with van der Waals surface area (Å²) in [5.41, 5.74) is 5.14. The fourth-order valence-corrected chi connectivity index (χ4v) is 4.78. The van der Waals surface area contributed by atoms with Crippen molar-refractivity contribution < 1.29 is 13.9 Å². The van der Waals surface area contributed by atoms with Crippen LogP contribution in [0.4, 0.5) is 4.39 Å². The molecule has 36 heavy (non-hydrogen) atoms. The quantitative estimate of drug-likeness (QED) is 0.333. The standard InChI is InChI=1S/C29H29FN4O2/c1-35-24-5-3-4-23(17-24)25-18-32-29(22-8-12-31-13-9-22)33-28(25)21-10-14-34(15-11-21)19-20-6-7-26(30)27(16-20)36-2/h3-9,12-13,16-18,21H,10-11,14-15,19H2,1-2H3. The molecule has 0 unspecified atom stereocenters. The van der Waals surface area contributed by atoms with Gasteiger partial charge >= 0.3 is 0 Å². The molecule has 0 saturated carbocycles. The van der Waals surface area contributed by atoms with Crippen molar-refractivity contribution in [2.24, 2.45) is 0 Å². The lowest BCUT2D eigenvalue weighted by Gasteiger charge is -2.32. The van der Waals surface area contributed by atoms with Crippen molar-refractivity contribution in [1.82, 2.24) is 19.9 Å². The van der Waals surface area contributed by atoms with Crippen LogP contribution in [0.5, 0.6) is 11.5 Å². The molecule has 5 rings (SSSR count). The number of benzene rings is 2. The van der Waals surface area contributed by atoms with Crippen molar-refractivity contribution in [3.63, 3.8) is 0 Å². The number of pyridine rings is 1. The minimum absolute atomic E-state index is 0.287. The Morgan fingerprint density at radius 2 is 1.75 bits per heavy atom. The molecule has 1 aliphatic heterocycles. The minimum Gasteiger partial charge on any atom is -0.497 e. The van der Waals surface area contributed by atoms with Crippen molar-refractivity contribution in [2.45, 2.75) is 25.3 Å². The molecule has 1 fully saturated rings. The van der Waals surface area contributed by atoms with Crippen molar-refractivity contribution in [2.75, 3.05) is 27.3 Å². The predicted octanol–water partition coefficient (Wildman–Crippen LogP) is 5.74. The SMILES string of the molecule is COc1cccc(-c2cnc(-c3ccncc3)nc2C2CCN(Cc3ccc(F)c(OC)c3)CC2)c1. The van der Waals surface area contributed by atoms with E-state index in [9.17, 15) is 4.39 Å². The van der Waals surface area contributed by atoms with Gasteiger partial charge < -0.3 is 9.47 Å². The second kappa shape index (κ2) is 10.8. The van der Waals surface area contributed by atoms with Crippen LogP contribution in [-0.4, -0.2) is 47.2 Å². The van der Waals surface area contributed by atoms with Gasteiger partial charge in [0.1, 0.15) is 5.75 Å². The highest BCUT2D eigenvalue weighted by Crippen LogP contribution is 2.36. The largest absolute Gasteiger partial charge is 0.497 e. The van der Waals surface area contributed by atoms with E-state index in [0.29, 0.717) is 11.7 Å². The Kier molecular flexibility index (Phi) is 7.18. The van der Waals surface area contributed by atoms with Crippen LogP contribution in [-0.2, 0) is 6.54 Å².